The molecule has 5 nitrogen and oxygen atoms in total. The maximum absolute atomic E-state index is 11.8. The van der Waals surface area contributed by atoms with Gasteiger partial charge in [0, 0.05) is 24.8 Å². The summed E-state index contributed by atoms with van der Waals surface area (Å²) in [5, 5.41) is 7.04. The molecule has 1 saturated carbocycles. The zero-order chi connectivity index (χ0) is 12.4. The molecule has 0 bridgehead atoms. The van der Waals surface area contributed by atoms with E-state index < -0.39 is 0 Å². The van der Waals surface area contributed by atoms with Gasteiger partial charge in [-0.1, -0.05) is 0 Å². The highest BCUT2D eigenvalue weighted by Crippen LogP contribution is 2.31. The highest BCUT2D eigenvalue weighted by atomic mass is 16.1. The molecule has 0 saturated heterocycles. The molecule has 2 rings (SSSR count). The van der Waals surface area contributed by atoms with Gasteiger partial charge in [-0.15, -0.1) is 0 Å². The second kappa shape index (κ2) is 4.87. The van der Waals surface area contributed by atoms with Crippen LogP contribution in [-0.4, -0.2) is 28.3 Å². The number of amides is 1. The predicted molar refractivity (Wildman–Crippen MR) is 65.6 cm³/mol. The first-order valence-electron chi connectivity index (χ1n) is 6.17. The van der Waals surface area contributed by atoms with E-state index in [1.165, 1.54) is 12.8 Å². The van der Waals surface area contributed by atoms with Gasteiger partial charge >= 0.3 is 0 Å². The maximum Gasteiger partial charge on any atom is 0.271 e. The van der Waals surface area contributed by atoms with E-state index in [2.05, 4.69) is 10.4 Å². The zero-order valence-electron chi connectivity index (χ0n) is 10.4. The molecule has 0 radical (unpaired) electrons. The highest BCUT2D eigenvalue weighted by molar-refractivity contribution is 5.92. The largest absolute Gasteiger partial charge is 0.349 e. The number of hydrogen-bond acceptors (Lipinski definition) is 3. The third-order valence-electron chi connectivity index (χ3n) is 3.10. The van der Waals surface area contributed by atoms with Gasteiger partial charge in [-0.3, -0.25) is 9.48 Å². The average molecular weight is 236 g/mol. The van der Waals surface area contributed by atoms with Gasteiger partial charge in [0.2, 0.25) is 0 Å². The first-order valence-corrected chi connectivity index (χ1v) is 6.17. The molecule has 1 aromatic rings. The Hall–Kier alpha value is -1.36. The first kappa shape index (κ1) is 12.1. The second-order valence-corrected chi connectivity index (χ2v) is 4.99. The fourth-order valence-electron chi connectivity index (χ4n) is 1.74. The van der Waals surface area contributed by atoms with Crippen LogP contribution in [0.1, 0.15) is 43.2 Å². The SMILES string of the molecule is CC(C)n1ccc(C(=O)NCC(N)C2CC2)n1. The lowest BCUT2D eigenvalue weighted by Crippen LogP contribution is -2.38. The Kier molecular flexibility index (Phi) is 3.47. The summed E-state index contributed by atoms with van der Waals surface area (Å²) >= 11 is 0. The van der Waals surface area contributed by atoms with E-state index in [9.17, 15) is 4.79 Å². The summed E-state index contributed by atoms with van der Waals surface area (Å²) in [5.41, 5.74) is 6.38. The van der Waals surface area contributed by atoms with Crippen LogP contribution in [0.3, 0.4) is 0 Å². The van der Waals surface area contributed by atoms with Gasteiger partial charge in [-0.25, -0.2) is 0 Å². The number of nitrogens with zero attached hydrogens (tertiary/aromatic N) is 2. The average Bonchev–Trinajstić information content (AvgIpc) is 3.02. The third-order valence-corrected chi connectivity index (χ3v) is 3.10. The Morgan fingerprint density at radius 2 is 2.35 bits per heavy atom. The third kappa shape index (κ3) is 3.06. The molecule has 0 aliphatic heterocycles. The van der Waals surface area contributed by atoms with Crippen LogP contribution in [0.5, 0.6) is 0 Å². The van der Waals surface area contributed by atoms with Crippen molar-refractivity contribution in [3.63, 3.8) is 0 Å². The first-order chi connectivity index (χ1) is 8.08. The van der Waals surface area contributed by atoms with E-state index in [0.29, 0.717) is 18.2 Å². The molecule has 17 heavy (non-hydrogen) atoms. The minimum atomic E-state index is -0.138. The molecule has 94 valence electrons. The molecule has 3 N–H and O–H groups in total. The predicted octanol–water partition coefficient (Wildman–Crippen LogP) is 0.931. The lowest BCUT2D eigenvalue weighted by atomic mass is 10.2. The van der Waals surface area contributed by atoms with Crippen molar-refractivity contribution in [1.29, 1.82) is 0 Å². The molecular weight excluding hydrogens is 216 g/mol. The van der Waals surface area contributed by atoms with Crippen LogP contribution >= 0.6 is 0 Å². The van der Waals surface area contributed by atoms with Gasteiger partial charge in [0.1, 0.15) is 5.69 Å². The van der Waals surface area contributed by atoms with Crippen molar-refractivity contribution < 1.29 is 4.79 Å². The number of rotatable bonds is 5. The van der Waals surface area contributed by atoms with E-state index in [-0.39, 0.29) is 18.0 Å². The van der Waals surface area contributed by atoms with Gasteiger partial charge in [0.15, 0.2) is 0 Å². The Bertz CT molecular complexity index is 395. The van der Waals surface area contributed by atoms with Gasteiger partial charge in [0.05, 0.1) is 0 Å². The lowest BCUT2D eigenvalue weighted by Gasteiger charge is -2.10. The van der Waals surface area contributed by atoms with Crippen molar-refractivity contribution in [3.05, 3.63) is 18.0 Å². The van der Waals surface area contributed by atoms with Gasteiger partial charge < -0.3 is 11.1 Å². The molecule has 1 fully saturated rings. The van der Waals surface area contributed by atoms with Crippen molar-refractivity contribution in [2.24, 2.45) is 11.7 Å². The number of hydrogen-bond donors (Lipinski definition) is 2. The summed E-state index contributed by atoms with van der Waals surface area (Å²) in [6.45, 7) is 4.59. The van der Waals surface area contributed by atoms with Crippen LogP contribution in [0.15, 0.2) is 12.3 Å². The van der Waals surface area contributed by atoms with E-state index in [1.807, 2.05) is 20.0 Å². The highest BCUT2D eigenvalue weighted by Gasteiger charge is 2.28. The van der Waals surface area contributed by atoms with Crippen LogP contribution in [-0.2, 0) is 0 Å². The molecule has 1 aliphatic rings. The Balaban J connectivity index is 1.85. The fourth-order valence-corrected chi connectivity index (χ4v) is 1.74. The minimum absolute atomic E-state index is 0.0890. The molecule has 1 amide bonds. The normalized spacial score (nSPS) is 17.2. The topological polar surface area (TPSA) is 72.9 Å². The van der Waals surface area contributed by atoms with Crippen LogP contribution in [0.25, 0.3) is 0 Å². The minimum Gasteiger partial charge on any atom is -0.349 e. The molecule has 1 heterocycles. The summed E-state index contributed by atoms with van der Waals surface area (Å²) in [7, 11) is 0. The standard InChI is InChI=1S/C12H20N4O/c1-8(2)16-6-5-11(15-16)12(17)14-7-10(13)9-3-4-9/h5-6,8-10H,3-4,7,13H2,1-2H3,(H,14,17). The van der Waals surface area contributed by atoms with Gasteiger partial charge in [-0.05, 0) is 38.7 Å². The summed E-state index contributed by atoms with van der Waals surface area (Å²) in [6, 6.07) is 2.09. The maximum atomic E-state index is 11.8. The lowest BCUT2D eigenvalue weighted by molar-refractivity contribution is 0.0944. The van der Waals surface area contributed by atoms with Crippen molar-refractivity contribution in [1.82, 2.24) is 15.1 Å². The van der Waals surface area contributed by atoms with Crippen molar-refractivity contribution in [2.75, 3.05) is 6.54 Å². The van der Waals surface area contributed by atoms with Crippen LogP contribution < -0.4 is 11.1 Å². The quantitative estimate of drug-likeness (QED) is 0.798. The number of carbonyl (C=O) groups is 1. The second-order valence-electron chi connectivity index (χ2n) is 4.99. The molecular formula is C12H20N4O. The van der Waals surface area contributed by atoms with E-state index in [4.69, 9.17) is 5.73 Å². The molecule has 0 aromatic carbocycles. The molecule has 0 spiro atoms. The van der Waals surface area contributed by atoms with Gasteiger partial charge in [0.25, 0.3) is 5.91 Å². The smallest absolute Gasteiger partial charge is 0.271 e. The van der Waals surface area contributed by atoms with Crippen LogP contribution in [0, 0.1) is 5.92 Å². The Morgan fingerprint density at radius 1 is 1.65 bits per heavy atom. The summed E-state index contributed by atoms with van der Waals surface area (Å²) in [6.07, 6.45) is 4.21. The van der Waals surface area contributed by atoms with E-state index >= 15 is 0 Å². The molecule has 1 atom stereocenters. The Labute approximate surface area is 101 Å². The summed E-state index contributed by atoms with van der Waals surface area (Å²) in [4.78, 5) is 11.8. The number of nitrogens with one attached hydrogen (secondary N) is 1. The fraction of sp³-hybridized carbons (Fsp3) is 0.667. The van der Waals surface area contributed by atoms with Crippen LogP contribution in [0.2, 0.25) is 0 Å². The number of carbonyl (C=O) groups excluding carboxylic acids is 1. The molecule has 1 aliphatic carbocycles. The molecule has 1 unspecified atom stereocenters. The molecule has 5 heteroatoms. The monoisotopic (exact) mass is 236 g/mol. The summed E-state index contributed by atoms with van der Waals surface area (Å²) in [5.74, 6) is 0.462. The Morgan fingerprint density at radius 3 is 2.88 bits per heavy atom. The zero-order valence-corrected chi connectivity index (χ0v) is 10.4. The summed E-state index contributed by atoms with van der Waals surface area (Å²) < 4.78 is 1.77. The van der Waals surface area contributed by atoms with Crippen molar-refractivity contribution in [3.8, 4) is 0 Å². The van der Waals surface area contributed by atoms with E-state index in [1.54, 1.807) is 10.7 Å². The number of nitrogens with two attached hydrogens (primary N) is 1. The van der Waals surface area contributed by atoms with Crippen LogP contribution in [0.4, 0.5) is 0 Å². The van der Waals surface area contributed by atoms with Crippen molar-refractivity contribution in [2.45, 2.75) is 38.8 Å². The number of aromatic nitrogens is 2. The van der Waals surface area contributed by atoms with Gasteiger partial charge in [-0.2, -0.15) is 5.10 Å². The van der Waals surface area contributed by atoms with E-state index in [0.717, 1.165) is 0 Å². The molecule has 1 aromatic heterocycles. The van der Waals surface area contributed by atoms with Crippen molar-refractivity contribution >= 4 is 5.91 Å².